The maximum atomic E-state index is 13.6. The molecule has 0 bridgehead atoms. The molecule has 0 saturated heterocycles. The van der Waals surface area contributed by atoms with E-state index in [1.807, 2.05) is 13.8 Å². The molecule has 5 saturated carbocycles. The molecule has 5 aliphatic rings. The van der Waals surface area contributed by atoms with E-state index in [9.17, 15) is 24.6 Å². The number of hydrogen-bond acceptors (Lipinski definition) is 5. The van der Waals surface area contributed by atoms with Gasteiger partial charge in [0.25, 0.3) is 0 Å². The van der Waals surface area contributed by atoms with E-state index < -0.39 is 17.5 Å². The van der Waals surface area contributed by atoms with Crippen LogP contribution >= 0.6 is 0 Å². The average molecular weight is 712 g/mol. The highest BCUT2D eigenvalue weighted by Crippen LogP contribution is 2.78. The Balaban J connectivity index is 1.35. The highest BCUT2D eigenvalue weighted by molar-refractivity contribution is 5.77. The summed E-state index contributed by atoms with van der Waals surface area (Å²) < 4.78 is 6.27. The number of ether oxygens (including phenoxy) is 1. The molecular weight excluding hydrogens is 638 g/mol. The van der Waals surface area contributed by atoms with Crippen molar-refractivity contribution < 1.29 is 29.3 Å². The Morgan fingerprint density at radius 2 is 1.57 bits per heavy atom. The molecule has 5 fully saturated rings. The lowest BCUT2D eigenvalue weighted by atomic mass is 9.32. The molecule has 3 N–H and O–H groups in total. The third-order valence-corrected chi connectivity index (χ3v) is 16.5. The fourth-order valence-corrected chi connectivity index (χ4v) is 14.1. The fourth-order valence-electron chi connectivity index (χ4n) is 14.1. The Hall–Kier alpha value is -1.89. The van der Waals surface area contributed by atoms with E-state index in [1.54, 1.807) is 0 Å². The summed E-state index contributed by atoms with van der Waals surface area (Å²) in [4.78, 5) is 38.2. The van der Waals surface area contributed by atoms with Crippen LogP contribution in [0.1, 0.15) is 159 Å². The Labute approximate surface area is 309 Å². The second kappa shape index (κ2) is 14.1. The normalized spacial score (nSPS) is 40.6. The summed E-state index contributed by atoms with van der Waals surface area (Å²) in [7, 11) is 0. The molecule has 0 aliphatic heterocycles. The third kappa shape index (κ3) is 7.21. The molecule has 7 heteroatoms. The molecule has 5 unspecified atom stereocenters. The smallest absolute Gasteiger partial charge is 0.306 e. The minimum Gasteiger partial charge on any atom is -0.481 e. The van der Waals surface area contributed by atoms with Crippen molar-refractivity contribution in [2.75, 3.05) is 6.54 Å². The molecule has 11 atom stereocenters. The number of carbonyl (C=O) groups excluding carboxylic acids is 2. The molecule has 0 radical (unpaired) electrons. The van der Waals surface area contributed by atoms with Gasteiger partial charge >= 0.3 is 11.9 Å². The molecule has 290 valence electrons. The first kappa shape index (κ1) is 40.3. The van der Waals surface area contributed by atoms with Gasteiger partial charge in [0.2, 0.25) is 5.91 Å². The van der Waals surface area contributed by atoms with Gasteiger partial charge in [-0.2, -0.15) is 0 Å². The van der Waals surface area contributed by atoms with Gasteiger partial charge in [-0.1, -0.05) is 74.5 Å². The number of aliphatic hydroxyl groups is 1. The first-order valence-electron chi connectivity index (χ1n) is 20.5. The van der Waals surface area contributed by atoms with E-state index in [0.29, 0.717) is 54.9 Å². The third-order valence-electron chi connectivity index (χ3n) is 16.5. The van der Waals surface area contributed by atoms with Gasteiger partial charge in [-0.25, -0.2) is 0 Å². The first-order valence-corrected chi connectivity index (χ1v) is 20.5. The van der Waals surface area contributed by atoms with Crippen LogP contribution in [-0.4, -0.2) is 46.8 Å². The summed E-state index contributed by atoms with van der Waals surface area (Å²) in [6.45, 7) is 27.4. The van der Waals surface area contributed by atoms with Crippen LogP contribution in [0, 0.1) is 68.0 Å². The van der Waals surface area contributed by atoms with Crippen molar-refractivity contribution in [3.63, 3.8) is 0 Å². The van der Waals surface area contributed by atoms with Gasteiger partial charge in [-0.3, -0.25) is 14.4 Å². The first-order chi connectivity index (χ1) is 23.5. The second-order valence-electron chi connectivity index (χ2n) is 21.1. The summed E-state index contributed by atoms with van der Waals surface area (Å²) in [5, 5.41) is 23.0. The minimum absolute atomic E-state index is 0.00582. The standard InChI is InChI=1S/C44H73NO6/c1-27(2)22-29(46)26-45-35(47)23-44-19-14-30(28(3)4)38(44)31-12-13-33-41(9)17-16-34(51-37(50)25-39(5,6)24-36(48)49)40(7,8)32(41)15-18-43(33,11)42(31,10)20-21-44/h27,29-34,38,46H,3,12-26H2,1-2,4-11H3,(H,45,47)(H,48,49)/t29?,30-,31+,32?,33?,34?,38?,41-,42+,43+,44+/m0/s1. The number of carboxylic acids is 1. The number of carbonyl (C=O) groups is 3. The Morgan fingerprint density at radius 1 is 0.882 bits per heavy atom. The van der Waals surface area contributed by atoms with Gasteiger partial charge < -0.3 is 20.3 Å². The van der Waals surface area contributed by atoms with E-state index in [0.717, 1.165) is 44.9 Å². The molecule has 0 spiro atoms. The lowest BCUT2D eigenvalue weighted by molar-refractivity contribution is -0.250. The number of hydrogen-bond donors (Lipinski definition) is 3. The van der Waals surface area contributed by atoms with Gasteiger partial charge in [0, 0.05) is 18.4 Å². The molecule has 1 amide bonds. The quantitative estimate of drug-likeness (QED) is 0.137. The minimum atomic E-state index is -0.888. The van der Waals surface area contributed by atoms with E-state index in [-0.39, 0.29) is 57.9 Å². The van der Waals surface area contributed by atoms with Crippen LogP contribution in [0.4, 0.5) is 0 Å². The van der Waals surface area contributed by atoms with Crippen molar-refractivity contribution in [3.05, 3.63) is 12.2 Å². The number of esters is 1. The number of nitrogens with one attached hydrogen (secondary N) is 1. The molecule has 5 aliphatic carbocycles. The molecule has 0 heterocycles. The Morgan fingerprint density at radius 3 is 2.20 bits per heavy atom. The van der Waals surface area contributed by atoms with Crippen LogP contribution in [-0.2, 0) is 19.1 Å². The van der Waals surface area contributed by atoms with Crippen molar-refractivity contribution in [1.29, 1.82) is 0 Å². The number of fused-ring (bicyclic) bond motifs is 7. The zero-order chi connectivity index (χ0) is 37.9. The van der Waals surface area contributed by atoms with Crippen molar-refractivity contribution in [2.24, 2.45) is 68.0 Å². The van der Waals surface area contributed by atoms with Gasteiger partial charge in [-0.15, -0.1) is 0 Å². The van der Waals surface area contributed by atoms with E-state index in [2.05, 4.69) is 67.3 Å². The number of carboxylic acid groups (broad SMARTS) is 1. The number of rotatable bonds is 12. The van der Waals surface area contributed by atoms with Crippen molar-refractivity contribution in [1.82, 2.24) is 5.32 Å². The average Bonchev–Trinajstić information content (AvgIpc) is 3.36. The van der Waals surface area contributed by atoms with E-state index in [4.69, 9.17) is 4.74 Å². The molecule has 0 aromatic heterocycles. The van der Waals surface area contributed by atoms with Crippen LogP contribution in [0.5, 0.6) is 0 Å². The second-order valence-corrected chi connectivity index (χ2v) is 21.1. The Kier molecular flexibility index (Phi) is 11.1. The molecular formula is C44H73NO6. The molecule has 51 heavy (non-hydrogen) atoms. The lowest BCUT2D eigenvalue weighted by Gasteiger charge is -2.73. The fraction of sp³-hybridized carbons (Fsp3) is 0.886. The zero-order valence-electron chi connectivity index (χ0n) is 34.0. The summed E-state index contributed by atoms with van der Waals surface area (Å²) in [6, 6.07) is 0. The Bertz CT molecular complexity index is 1350. The van der Waals surface area contributed by atoms with Crippen LogP contribution in [0.25, 0.3) is 0 Å². The highest BCUT2D eigenvalue weighted by atomic mass is 16.5. The van der Waals surface area contributed by atoms with Gasteiger partial charge in [0.1, 0.15) is 6.10 Å². The maximum absolute atomic E-state index is 13.6. The van der Waals surface area contributed by atoms with Gasteiger partial charge in [0.05, 0.1) is 18.9 Å². The topological polar surface area (TPSA) is 113 Å². The van der Waals surface area contributed by atoms with Crippen molar-refractivity contribution in [2.45, 2.75) is 171 Å². The van der Waals surface area contributed by atoms with E-state index in [1.165, 1.54) is 24.8 Å². The highest BCUT2D eigenvalue weighted by Gasteiger charge is 2.71. The van der Waals surface area contributed by atoms with Crippen molar-refractivity contribution >= 4 is 17.8 Å². The predicted octanol–water partition coefficient (Wildman–Crippen LogP) is 9.36. The zero-order valence-corrected chi connectivity index (χ0v) is 34.0. The van der Waals surface area contributed by atoms with Crippen LogP contribution in [0.15, 0.2) is 12.2 Å². The maximum Gasteiger partial charge on any atom is 0.306 e. The molecule has 5 rings (SSSR count). The monoisotopic (exact) mass is 712 g/mol. The summed E-state index contributed by atoms with van der Waals surface area (Å²) >= 11 is 0. The lowest BCUT2D eigenvalue weighted by Crippen LogP contribution is -2.67. The summed E-state index contributed by atoms with van der Waals surface area (Å²) in [6.07, 6.45) is 11.7. The van der Waals surface area contributed by atoms with Crippen LogP contribution < -0.4 is 5.32 Å². The van der Waals surface area contributed by atoms with Crippen LogP contribution in [0.3, 0.4) is 0 Å². The van der Waals surface area contributed by atoms with Gasteiger partial charge in [-0.05, 0) is 140 Å². The number of aliphatic carboxylic acids is 1. The van der Waals surface area contributed by atoms with Gasteiger partial charge in [0.15, 0.2) is 0 Å². The number of allylic oxidation sites excluding steroid dienone is 1. The molecule has 7 nitrogen and oxygen atoms in total. The number of amides is 1. The number of aliphatic hydroxyl groups excluding tert-OH is 1. The van der Waals surface area contributed by atoms with E-state index >= 15 is 0 Å². The van der Waals surface area contributed by atoms with Crippen LogP contribution in [0.2, 0.25) is 0 Å². The molecule has 0 aromatic carbocycles. The summed E-state index contributed by atoms with van der Waals surface area (Å²) in [5.74, 6) is 1.82. The van der Waals surface area contributed by atoms with Crippen molar-refractivity contribution in [3.8, 4) is 0 Å². The predicted molar refractivity (Wildman–Crippen MR) is 203 cm³/mol. The molecule has 0 aromatic rings. The largest absolute Gasteiger partial charge is 0.481 e. The summed E-state index contributed by atoms with van der Waals surface area (Å²) in [5.41, 5.74) is 0.952. The SMILES string of the molecule is C=C(C)[C@@H]1CC[C@]2(CC(=O)NCC(O)CC(C)C)CC[C@]3(C)[C@H](CCC4[C@@]5(C)CCC(OC(=O)CC(C)(C)CC(=O)O)C(C)(C)C5CC[C@]43C)C12.